The van der Waals surface area contributed by atoms with Crippen molar-refractivity contribution in [3.8, 4) is 5.75 Å². The van der Waals surface area contributed by atoms with Gasteiger partial charge in [0.25, 0.3) is 0 Å². The van der Waals surface area contributed by atoms with Gasteiger partial charge in [0.1, 0.15) is 11.8 Å². The maximum Gasteiger partial charge on any atom is 0.238 e. The largest absolute Gasteiger partial charge is 0.508 e. The molecular weight excluding hydrogens is 156 g/mol. The van der Waals surface area contributed by atoms with Crippen molar-refractivity contribution in [2.45, 2.75) is 6.04 Å². The highest BCUT2D eigenvalue weighted by Crippen LogP contribution is 2.14. The van der Waals surface area contributed by atoms with Crippen LogP contribution in [0.5, 0.6) is 5.75 Å². The molecule has 0 heterocycles. The molecule has 0 unspecified atom stereocenters. The zero-order valence-electron chi connectivity index (χ0n) is 6.40. The lowest BCUT2D eigenvalue weighted by molar-refractivity contribution is -0.119. The van der Waals surface area contributed by atoms with Crippen LogP contribution in [0.1, 0.15) is 11.6 Å². The number of hydrogen-bond acceptors (Lipinski definition) is 3. The van der Waals surface area contributed by atoms with E-state index < -0.39 is 11.9 Å². The van der Waals surface area contributed by atoms with Gasteiger partial charge in [0, 0.05) is 0 Å². The van der Waals surface area contributed by atoms with Crippen LogP contribution >= 0.6 is 0 Å². The molecule has 0 saturated carbocycles. The molecular formula is C8H10N2O2. The van der Waals surface area contributed by atoms with Crippen LogP contribution in [-0.2, 0) is 4.79 Å². The molecule has 0 aliphatic rings. The minimum absolute atomic E-state index is 0.135. The van der Waals surface area contributed by atoms with Gasteiger partial charge >= 0.3 is 0 Å². The molecule has 0 saturated heterocycles. The normalized spacial score (nSPS) is 12.4. The summed E-state index contributed by atoms with van der Waals surface area (Å²) in [5, 5.41) is 8.92. The number of phenols is 1. The second-order valence-corrected chi connectivity index (χ2v) is 2.47. The molecule has 0 aliphatic carbocycles. The molecule has 0 radical (unpaired) electrons. The fourth-order valence-corrected chi connectivity index (χ4v) is 0.846. The van der Waals surface area contributed by atoms with Gasteiger partial charge in [-0.25, -0.2) is 0 Å². The Morgan fingerprint density at radius 3 is 2.25 bits per heavy atom. The highest BCUT2D eigenvalue weighted by atomic mass is 16.3. The Balaban J connectivity index is 2.89. The second-order valence-electron chi connectivity index (χ2n) is 2.47. The molecule has 1 rings (SSSR count). The van der Waals surface area contributed by atoms with Gasteiger partial charge in [-0.1, -0.05) is 12.1 Å². The number of rotatable bonds is 2. The lowest BCUT2D eigenvalue weighted by Gasteiger charge is -2.06. The Kier molecular flexibility index (Phi) is 2.30. The molecule has 0 aliphatic heterocycles. The molecule has 12 heavy (non-hydrogen) atoms. The van der Waals surface area contributed by atoms with E-state index in [1.54, 1.807) is 12.1 Å². The van der Waals surface area contributed by atoms with Crippen molar-refractivity contribution < 1.29 is 9.90 Å². The predicted octanol–water partition coefficient (Wildman–Crippen LogP) is -0.123. The summed E-state index contributed by atoms with van der Waals surface area (Å²) in [4.78, 5) is 10.6. The zero-order valence-corrected chi connectivity index (χ0v) is 6.40. The summed E-state index contributed by atoms with van der Waals surface area (Å²) in [6.07, 6.45) is 0. The van der Waals surface area contributed by atoms with Crippen molar-refractivity contribution in [3.05, 3.63) is 29.8 Å². The quantitative estimate of drug-likeness (QED) is 0.572. The van der Waals surface area contributed by atoms with E-state index in [9.17, 15) is 4.79 Å². The van der Waals surface area contributed by atoms with E-state index in [0.29, 0.717) is 5.56 Å². The third kappa shape index (κ3) is 1.73. The van der Waals surface area contributed by atoms with Gasteiger partial charge in [-0.15, -0.1) is 0 Å². The highest BCUT2D eigenvalue weighted by molar-refractivity contribution is 5.81. The maximum absolute atomic E-state index is 10.6. The van der Waals surface area contributed by atoms with Gasteiger partial charge < -0.3 is 16.6 Å². The van der Waals surface area contributed by atoms with Crippen molar-refractivity contribution in [2.75, 3.05) is 0 Å². The van der Waals surface area contributed by atoms with Crippen LogP contribution in [0.2, 0.25) is 0 Å². The van der Waals surface area contributed by atoms with Crippen molar-refractivity contribution in [3.63, 3.8) is 0 Å². The van der Waals surface area contributed by atoms with Crippen LogP contribution in [0.15, 0.2) is 24.3 Å². The first-order valence-electron chi connectivity index (χ1n) is 3.45. The molecule has 0 aromatic heterocycles. The minimum Gasteiger partial charge on any atom is -0.508 e. The second kappa shape index (κ2) is 3.23. The molecule has 4 heteroatoms. The predicted molar refractivity (Wildman–Crippen MR) is 44.2 cm³/mol. The molecule has 0 fully saturated rings. The summed E-state index contributed by atoms with van der Waals surface area (Å²) < 4.78 is 0. The number of amides is 1. The van der Waals surface area contributed by atoms with Gasteiger partial charge in [-0.05, 0) is 17.7 Å². The minimum atomic E-state index is -0.800. The highest BCUT2D eigenvalue weighted by Gasteiger charge is 2.10. The van der Waals surface area contributed by atoms with E-state index in [1.165, 1.54) is 12.1 Å². The molecule has 5 N–H and O–H groups in total. The van der Waals surface area contributed by atoms with Crippen LogP contribution in [-0.4, -0.2) is 11.0 Å². The van der Waals surface area contributed by atoms with Crippen LogP contribution < -0.4 is 11.5 Å². The van der Waals surface area contributed by atoms with Crippen molar-refractivity contribution in [1.82, 2.24) is 0 Å². The number of phenolic OH excluding ortho intramolecular Hbond substituents is 1. The Morgan fingerprint density at radius 2 is 1.83 bits per heavy atom. The molecule has 0 spiro atoms. The van der Waals surface area contributed by atoms with Crippen LogP contribution in [0.4, 0.5) is 0 Å². The Bertz CT molecular complexity index is 282. The van der Waals surface area contributed by atoms with Gasteiger partial charge in [-0.3, -0.25) is 4.79 Å². The topological polar surface area (TPSA) is 89.3 Å². The molecule has 1 atom stereocenters. The lowest BCUT2D eigenvalue weighted by Crippen LogP contribution is -2.27. The van der Waals surface area contributed by atoms with E-state index in [0.717, 1.165) is 0 Å². The number of hydrogen-bond donors (Lipinski definition) is 3. The van der Waals surface area contributed by atoms with Gasteiger partial charge in [-0.2, -0.15) is 0 Å². The van der Waals surface area contributed by atoms with E-state index in [1.807, 2.05) is 0 Å². The fourth-order valence-electron chi connectivity index (χ4n) is 0.846. The molecule has 4 nitrogen and oxygen atoms in total. The Morgan fingerprint density at radius 1 is 1.33 bits per heavy atom. The Hall–Kier alpha value is -1.55. The molecule has 1 amide bonds. The fraction of sp³-hybridized carbons (Fsp3) is 0.125. The molecule has 1 aromatic carbocycles. The summed E-state index contributed by atoms with van der Waals surface area (Å²) in [6.45, 7) is 0. The van der Waals surface area contributed by atoms with Crippen molar-refractivity contribution in [2.24, 2.45) is 11.5 Å². The molecule has 64 valence electrons. The average Bonchev–Trinajstić information content (AvgIpc) is 2.04. The van der Waals surface area contributed by atoms with E-state index in [-0.39, 0.29) is 5.75 Å². The van der Waals surface area contributed by atoms with Gasteiger partial charge in [0.15, 0.2) is 0 Å². The molecule has 0 bridgehead atoms. The van der Waals surface area contributed by atoms with E-state index >= 15 is 0 Å². The van der Waals surface area contributed by atoms with Crippen molar-refractivity contribution >= 4 is 5.91 Å². The first kappa shape index (κ1) is 8.55. The van der Waals surface area contributed by atoms with E-state index in [2.05, 4.69) is 0 Å². The van der Waals surface area contributed by atoms with Crippen LogP contribution in [0.3, 0.4) is 0 Å². The third-order valence-corrected chi connectivity index (χ3v) is 1.56. The van der Waals surface area contributed by atoms with Crippen LogP contribution in [0.25, 0.3) is 0 Å². The SMILES string of the molecule is NC(=O)[C@H](N)c1ccc(O)cc1. The first-order chi connectivity index (χ1) is 5.61. The standard InChI is InChI=1S/C8H10N2O2/c9-7(8(10)12)5-1-3-6(11)4-2-5/h1-4,7,11H,9H2,(H2,10,12)/t7-/m1/s1. The zero-order chi connectivity index (χ0) is 9.14. The van der Waals surface area contributed by atoms with Gasteiger partial charge in [0.2, 0.25) is 5.91 Å². The van der Waals surface area contributed by atoms with Crippen LogP contribution in [0, 0.1) is 0 Å². The maximum atomic E-state index is 10.6. The summed E-state index contributed by atoms with van der Waals surface area (Å²) in [7, 11) is 0. The first-order valence-corrected chi connectivity index (χ1v) is 3.45. The summed E-state index contributed by atoms with van der Waals surface area (Å²) >= 11 is 0. The smallest absolute Gasteiger partial charge is 0.238 e. The lowest BCUT2D eigenvalue weighted by atomic mass is 10.1. The summed E-state index contributed by atoms with van der Waals surface area (Å²) in [5.74, 6) is -0.448. The monoisotopic (exact) mass is 166 g/mol. The summed E-state index contributed by atoms with van der Waals surface area (Å²) in [6, 6.07) is 5.23. The van der Waals surface area contributed by atoms with Crippen molar-refractivity contribution in [1.29, 1.82) is 0 Å². The van der Waals surface area contributed by atoms with E-state index in [4.69, 9.17) is 16.6 Å². The molecule has 1 aromatic rings. The number of benzene rings is 1. The third-order valence-electron chi connectivity index (χ3n) is 1.56. The number of nitrogens with two attached hydrogens (primary N) is 2. The Labute approximate surface area is 69.8 Å². The number of carbonyl (C=O) groups is 1. The summed E-state index contributed by atoms with van der Waals surface area (Å²) in [5.41, 5.74) is 11.0. The number of primary amides is 1. The number of carbonyl (C=O) groups excluding carboxylic acids is 1. The average molecular weight is 166 g/mol. The number of aromatic hydroxyl groups is 1. The van der Waals surface area contributed by atoms with Gasteiger partial charge in [0.05, 0.1) is 0 Å².